The molecule has 10 heteroatoms. The maximum Gasteiger partial charge on any atom is 0.186 e. The number of hydrazone groups is 2. The van der Waals surface area contributed by atoms with Gasteiger partial charge in [0.15, 0.2) is 10.2 Å². The van der Waals surface area contributed by atoms with E-state index in [1.807, 2.05) is 26.8 Å². The van der Waals surface area contributed by atoms with Crippen LogP contribution < -0.4 is 21.5 Å². The van der Waals surface area contributed by atoms with Crippen molar-refractivity contribution in [2.75, 3.05) is 32.8 Å². The zero-order chi connectivity index (χ0) is 21.8. The number of benzene rings is 1. The van der Waals surface area contributed by atoms with Crippen LogP contribution in [0.25, 0.3) is 0 Å². The van der Waals surface area contributed by atoms with Crippen LogP contribution in [-0.2, 0) is 11.3 Å². The van der Waals surface area contributed by atoms with Crippen LogP contribution in [0.5, 0.6) is 0 Å². The van der Waals surface area contributed by atoms with Crippen LogP contribution in [0.2, 0.25) is 0 Å². The van der Waals surface area contributed by atoms with E-state index in [0.29, 0.717) is 41.3 Å². The van der Waals surface area contributed by atoms with Crippen molar-refractivity contribution in [3.05, 3.63) is 35.9 Å². The van der Waals surface area contributed by atoms with Gasteiger partial charge in [0.1, 0.15) is 11.8 Å². The molecule has 1 aliphatic heterocycles. The molecule has 4 N–H and O–H groups in total. The standard InChI is InChI=1S/C20H31N7OS2/c1-4-21-19(29)25-23-15(3)18(24-26-20(30)22-5-2)17-14-27(11-12-28-17)13-16-9-7-6-8-10-16/h6-10,17H,4-5,11-14H2,1-3H3,(H2,21,25,29)(H2,22,26,30)/b23-15+,24-18-/t17-/m0/s1. The highest BCUT2D eigenvalue weighted by Gasteiger charge is 2.27. The van der Waals surface area contributed by atoms with E-state index in [4.69, 9.17) is 29.2 Å². The van der Waals surface area contributed by atoms with Crippen molar-refractivity contribution in [1.29, 1.82) is 0 Å². The summed E-state index contributed by atoms with van der Waals surface area (Å²) in [5.41, 5.74) is 8.37. The second kappa shape index (κ2) is 13.2. The van der Waals surface area contributed by atoms with E-state index in [9.17, 15) is 0 Å². The van der Waals surface area contributed by atoms with Crippen molar-refractivity contribution in [3.8, 4) is 0 Å². The zero-order valence-electron chi connectivity index (χ0n) is 17.8. The lowest BCUT2D eigenvalue weighted by Gasteiger charge is -2.33. The third kappa shape index (κ3) is 8.31. The van der Waals surface area contributed by atoms with Crippen LogP contribution >= 0.6 is 24.4 Å². The van der Waals surface area contributed by atoms with E-state index in [1.165, 1.54) is 5.56 Å². The van der Waals surface area contributed by atoms with Gasteiger partial charge in [-0.25, -0.2) is 0 Å². The first kappa shape index (κ1) is 24.1. The third-order valence-corrected chi connectivity index (χ3v) is 4.82. The summed E-state index contributed by atoms with van der Waals surface area (Å²) in [4.78, 5) is 2.35. The fourth-order valence-electron chi connectivity index (χ4n) is 2.94. The predicted octanol–water partition coefficient (Wildman–Crippen LogP) is 1.59. The Labute approximate surface area is 189 Å². The molecule has 0 saturated carbocycles. The van der Waals surface area contributed by atoms with E-state index in [1.54, 1.807) is 0 Å². The van der Waals surface area contributed by atoms with Crippen LogP contribution in [0.3, 0.4) is 0 Å². The first-order valence-electron chi connectivity index (χ1n) is 10.1. The Bertz CT molecular complexity index is 755. The molecule has 0 amide bonds. The molecule has 0 aliphatic carbocycles. The molecule has 1 atom stereocenters. The molecule has 1 saturated heterocycles. The second-order valence-corrected chi connectivity index (χ2v) is 7.53. The summed E-state index contributed by atoms with van der Waals surface area (Å²) in [7, 11) is 0. The van der Waals surface area contributed by atoms with Crippen LogP contribution in [0.1, 0.15) is 26.3 Å². The normalized spacial score (nSPS) is 17.9. The maximum absolute atomic E-state index is 6.04. The van der Waals surface area contributed by atoms with E-state index < -0.39 is 0 Å². The fraction of sp³-hybridized carbons (Fsp3) is 0.500. The van der Waals surface area contributed by atoms with Crippen molar-refractivity contribution in [3.63, 3.8) is 0 Å². The highest BCUT2D eigenvalue weighted by atomic mass is 32.1. The SMILES string of the molecule is CCNC(=S)N/N=C(/C(C)=N/NC(=S)NCC)[C@@H]1CN(Cc2ccccc2)CCO1. The Morgan fingerprint density at radius 3 is 2.33 bits per heavy atom. The van der Waals surface area contributed by atoms with Crippen molar-refractivity contribution in [1.82, 2.24) is 26.4 Å². The van der Waals surface area contributed by atoms with Crippen LogP contribution in [-0.4, -0.2) is 65.4 Å². The fourth-order valence-corrected chi connectivity index (χ4v) is 3.32. The van der Waals surface area contributed by atoms with E-state index >= 15 is 0 Å². The number of rotatable bonds is 8. The van der Waals surface area contributed by atoms with Crippen LogP contribution in [0.4, 0.5) is 0 Å². The largest absolute Gasteiger partial charge is 0.369 e. The molecule has 0 unspecified atom stereocenters. The average Bonchev–Trinajstić information content (AvgIpc) is 2.74. The Morgan fingerprint density at radius 1 is 1.07 bits per heavy atom. The van der Waals surface area contributed by atoms with Gasteiger partial charge in [-0.3, -0.25) is 15.8 Å². The highest BCUT2D eigenvalue weighted by molar-refractivity contribution is 7.80. The molecule has 30 heavy (non-hydrogen) atoms. The Kier molecular flexibility index (Phi) is 10.6. The van der Waals surface area contributed by atoms with Gasteiger partial charge in [-0.2, -0.15) is 10.2 Å². The van der Waals surface area contributed by atoms with Crippen molar-refractivity contribution in [2.45, 2.75) is 33.4 Å². The Hall–Kier alpha value is -2.14. The van der Waals surface area contributed by atoms with Crippen LogP contribution in [0, 0.1) is 0 Å². The van der Waals surface area contributed by atoms with Gasteiger partial charge in [0.05, 0.1) is 12.3 Å². The van der Waals surface area contributed by atoms with Gasteiger partial charge in [-0.1, -0.05) is 30.3 Å². The summed E-state index contributed by atoms with van der Waals surface area (Å²) in [6.45, 7) is 10.3. The maximum atomic E-state index is 6.04. The zero-order valence-corrected chi connectivity index (χ0v) is 19.4. The lowest BCUT2D eigenvalue weighted by molar-refractivity contribution is 0.00403. The minimum Gasteiger partial charge on any atom is -0.369 e. The second-order valence-electron chi connectivity index (χ2n) is 6.72. The van der Waals surface area contributed by atoms with E-state index in [-0.39, 0.29) is 6.10 Å². The first-order chi connectivity index (χ1) is 14.5. The lowest BCUT2D eigenvalue weighted by Crippen LogP contribution is -2.48. The first-order valence-corrected chi connectivity index (χ1v) is 10.9. The smallest absolute Gasteiger partial charge is 0.186 e. The number of ether oxygens (including phenoxy) is 1. The molecular weight excluding hydrogens is 418 g/mol. The minimum atomic E-state index is -0.238. The van der Waals surface area contributed by atoms with Crippen molar-refractivity contribution in [2.24, 2.45) is 10.2 Å². The molecular formula is C20H31N7OS2. The molecule has 1 aromatic carbocycles. The monoisotopic (exact) mass is 449 g/mol. The number of morpholine rings is 1. The summed E-state index contributed by atoms with van der Waals surface area (Å²) in [6, 6.07) is 10.4. The molecule has 2 rings (SSSR count). The minimum absolute atomic E-state index is 0.238. The van der Waals surface area contributed by atoms with Crippen molar-refractivity contribution < 1.29 is 4.74 Å². The third-order valence-electron chi connectivity index (χ3n) is 4.35. The van der Waals surface area contributed by atoms with Gasteiger partial charge in [-0.05, 0) is 50.8 Å². The van der Waals surface area contributed by atoms with Gasteiger partial charge in [0.25, 0.3) is 0 Å². The summed E-state index contributed by atoms with van der Waals surface area (Å²) in [6.07, 6.45) is -0.238. The highest BCUT2D eigenvalue weighted by Crippen LogP contribution is 2.12. The average molecular weight is 450 g/mol. The predicted molar refractivity (Wildman–Crippen MR) is 131 cm³/mol. The number of hydrogen-bond acceptors (Lipinski definition) is 6. The molecule has 1 fully saturated rings. The molecule has 0 bridgehead atoms. The Morgan fingerprint density at radius 2 is 1.70 bits per heavy atom. The van der Waals surface area contributed by atoms with Gasteiger partial charge in [0.2, 0.25) is 0 Å². The molecule has 8 nitrogen and oxygen atoms in total. The van der Waals surface area contributed by atoms with Crippen molar-refractivity contribution >= 4 is 46.1 Å². The number of thiocarbonyl (C=S) groups is 2. The van der Waals surface area contributed by atoms with Crippen LogP contribution in [0.15, 0.2) is 40.5 Å². The topological polar surface area (TPSA) is 85.3 Å². The summed E-state index contributed by atoms with van der Waals surface area (Å²) in [5.74, 6) is 0. The Balaban J connectivity index is 2.13. The molecule has 0 spiro atoms. The summed E-state index contributed by atoms with van der Waals surface area (Å²) < 4.78 is 6.04. The van der Waals surface area contributed by atoms with Gasteiger partial charge in [0, 0.05) is 32.7 Å². The molecule has 1 aromatic rings. The number of hydrogen-bond donors (Lipinski definition) is 4. The number of nitrogens with zero attached hydrogens (tertiary/aromatic N) is 3. The molecule has 0 radical (unpaired) electrons. The molecule has 0 aromatic heterocycles. The van der Waals surface area contributed by atoms with E-state index in [2.05, 4.69) is 60.9 Å². The molecule has 1 heterocycles. The molecule has 1 aliphatic rings. The number of nitrogens with one attached hydrogen (secondary N) is 4. The lowest BCUT2D eigenvalue weighted by atomic mass is 10.1. The van der Waals surface area contributed by atoms with Gasteiger partial charge >= 0.3 is 0 Å². The molecule has 164 valence electrons. The quantitative estimate of drug-likeness (QED) is 0.271. The van der Waals surface area contributed by atoms with Gasteiger partial charge in [-0.15, -0.1) is 0 Å². The van der Waals surface area contributed by atoms with Gasteiger partial charge < -0.3 is 15.4 Å². The summed E-state index contributed by atoms with van der Waals surface area (Å²) in [5, 5.41) is 15.8. The van der Waals surface area contributed by atoms with E-state index in [0.717, 1.165) is 19.6 Å². The summed E-state index contributed by atoms with van der Waals surface area (Å²) >= 11 is 10.4.